The first-order valence-electron chi connectivity index (χ1n) is 10.6. The van der Waals surface area contributed by atoms with E-state index in [1.807, 2.05) is 19.1 Å². The number of allylic oxidation sites excluding steroid dienone is 1. The van der Waals surface area contributed by atoms with Crippen molar-refractivity contribution in [1.29, 1.82) is 0 Å². The van der Waals surface area contributed by atoms with Crippen molar-refractivity contribution >= 4 is 17.7 Å². The first-order valence-corrected chi connectivity index (χ1v) is 10.6. The molecule has 178 valence electrons. The number of rotatable bonds is 9. The van der Waals surface area contributed by atoms with E-state index < -0.39 is 5.41 Å². The molecule has 0 aliphatic heterocycles. The molecule has 3 aromatic rings. The average molecular weight is 464 g/mol. The average Bonchev–Trinajstić information content (AvgIpc) is 3.49. The highest BCUT2D eigenvalue weighted by molar-refractivity contribution is 6.09. The number of nitrogens with zero attached hydrogens (tertiary/aromatic N) is 6. The van der Waals surface area contributed by atoms with Gasteiger partial charge in [0.25, 0.3) is 5.89 Å². The number of aliphatic imine (C=N–C) groups is 1. The molecule has 0 aliphatic rings. The Balaban J connectivity index is 1.91. The molecule has 1 amide bonds. The Morgan fingerprint density at radius 3 is 2.74 bits per heavy atom. The minimum Gasteiger partial charge on any atom is -0.404 e. The van der Waals surface area contributed by atoms with Crippen molar-refractivity contribution in [3.05, 3.63) is 66.4 Å². The number of pyridine rings is 1. The van der Waals surface area contributed by atoms with Crippen LogP contribution in [-0.4, -0.2) is 44.1 Å². The van der Waals surface area contributed by atoms with Crippen molar-refractivity contribution in [2.45, 2.75) is 32.7 Å². The van der Waals surface area contributed by atoms with Gasteiger partial charge in [-0.3, -0.25) is 14.5 Å². The molecule has 1 atom stereocenters. The largest absolute Gasteiger partial charge is 0.404 e. The van der Waals surface area contributed by atoms with Gasteiger partial charge in [0.15, 0.2) is 5.82 Å². The lowest BCUT2D eigenvalue weighted by molar-refractivity contribution is -0.121. The van der Waals surface area contributed by atoms with Gasteiger partial charge in [0, 0.05) is 37.4 Å². The van der Waals surface area contributed by atoms with Gasteiger partial charge in [0.1, 0.15) is 12.4 Å². The predicted molar refractivity (Wildman–Crippen MR) is 129 cm³/mol. The number of hydrogen-bond acceptors (Lipinski definition) is 9. The number of amides is 1. The summed E-state index contributed by atoms with van der Waals surface area (Å²) in [6, 6.07) is 3.80. The highest BCUT2D eigenvalue weighted by Crippen LogP contribution is 2.38. The SMILES string of the molecule is C=C(N)/N=C\C(=C/N)c1ccc([C@](C)(c2noc(-c3cnn(CC(=O)NC)c3)n2)C(C)C)cn1. The molecule has 0 fully saturated rings. The number of carbonyl (C=O) groups is 1. The lowest BCUT2D eigenvalue weighted by atomic mass is 9.73. The number of likely N-dealkylation sites (N-methyl/N-ethyl adjacent to an activating group) is 1. The molecule has 0 aliphatic carbocycles. The maximum atomic E-state index is 11.6. The van der Waals surface area contributed by atoms with Crippen molar-refractivity contribution < 1.29 is 9.32 Å². The smallest absolute Gasteiger partial charge is 0.261 e. The molecule has 3 aromatic heterocycles. The first-order chi connectivity index (χ1) is 16.2. The summed E-state index contributed by atoms with van der Waals surface area (Å²) in [5.41, 5.74) is 13.4. The Labute approximate surface area is 197 Å². The second kappa shape index (κ2) is 10.1. The third kappa shape index (κ3) is 5.03. The fourth-order valence-electron chi connectivity index (χ4n) is 3.28. The molecule has 0 unspecified atom stereocenters. The maximum absolute atomic E-state index is 11.6. The van der Waals surface area contributed by atoms with Crippen molar-refractivity contribution in [3.8, 4) is 11.5 Å². The molecule has 11 nitrogen and oxygen atoms in total. The Morgan fingerprint density at radius 1 is 1.38 bits per heavy atom. The van der Waals surface area contributed by atoms with Gasteiger partial charge in [0.05, 0.1) is 22.9 Å². The highest BCUT2D eigenvalue weighted by Gasteiger charge is 2.38. The summed E-state index contributed by atoms with van der Waals surface area (Å²) in [5.74, 6) is 0.975. The number of hydrogen-bond donors (Lipinski definition) is 3. The summed E-state index contributed by atoms with van der Waals surface area (Å²) in [4.78, 5) is 24.8. The number of aromatic nitrogens is 5. The van der Waals surface area contributed by atoms with Gasteiger partial charge in [-0.05, 0) is 24.5 Å². The van der Waals surface area contributed by atoms with Crippen LogP contribution in [0.4, 0.5) is 0 Å². The first kappa shape index (κ1) is 24.4. The van der Waals surface area contributed by atoms with Gasteiger partial charge in [-0.2, -0.15) is 10.1 Å². The monoisotopic (exact) mass is 463 g/mol. The van der Waals surface area contributed by atoms with E-state index >= 15 is 0 Å². The second-order valence-corrected chi connectivity index (χ2v) is 8.18. The molecule has 5 N–H and O–H groups in total. The summed E-state index contributed by atoms with van der Waals surface area (Å²) in [5, 5.41) is 11.0. The number of nitrogens with two attached hydrogens (primary N) is 2. The van der Waals surface area contributed by atoms with Crippen LogP contribution >= 0.6 is 0 Å². The molecule has 0 spiro atoms. The molecule has 0 radical (unpaired) electrons. The van der Waals surface area contributed by atoms with E-state index in [1.54, 1.807) is 25.6 Å². The standard InChI is InChI=1S/C23H29N9O2/c1-14(2)23(4,18-6-7-19(28-11-18)16(8-24)9-27-15(3)25)22-30-21(34-31-22)17-10-29-32(12-17)13-20(33)26-5/h6-12,14H,3,13,24-25H2,1-2,4-5H3,(H,26,33)/b16-8+,27-9-/t23-/m1/s1. The summed E-state index contributed by atoms with van der Waals surface area (Å²) in [6.45, 7) is 9.84. The van der Waals surface area contributed by atoms with Gasteiger partial charge in [-0.25, -0.2) is 4.99 Å². The van der Waals surface area contributed by atoms with Gasteiger partial charge in [-0.1, -0.05) is 31.6 Å². The topological polar surface area (TPSA) is 163 Å². The summed E-state index contributed by atoms with van der Waals surface area (Å²) < 4.78 is 7.06. The molecule has 34 heavy (non-hydrogen) atoms. The number of nitrogens with one attached hydrogen (secondary N) is 1. The Hall–Kier alpha value is -4.28. The molecular formula is C23H29N9O2. The normalized spacial score (nSPS) is 13.9. The highest BCUT2D eigenvalue weighted by atomic mass is 16.5. The van der Waals surface area contributed by atoms with Crippen LogP contribution in [0.2, 0.25) is 0 Å². The van der Waals surface area contributed by atoms with Gasteiger partial charge in [-0.15, -0.1) is 0 Å². The molecule has 3 rings (SSSR count). The van der Waals surface area contributed by atoms with Gasteiger partial charge < -0.3 is 21.3 Å². The van der Waals surface area contributed by atoms with E-state index in [0.29, 0.717) is 28.5 Å². The fourth-order valence-corrected chi connectivity index (χ4v) is 3.28. The lowest BCUT2D eigenvalue weighted by Gasteiger charge is -2.30. The van der Waals surface area contributed by atoms with Crippen molar-refractivity contribution in [2.24, 2.45) is 22.4 Å². The Kier molecular flexibility index (Phi) is 7.24. The molecule has 0 aromatic carbocycles. The molecular weight excluding hydrogens is 434 g/mol. The van der Waals surface area contributed by atoms with Crippen molar-refractivity contribution in [3.63, 3.8) is 0 Å². The third-order valence-electron chi connectivity index (χ3n) is 5.72. The minimum atomic E-state index is -0.586. The van der Waals surface area contributed by atoms with E-state index in [0.717, 1.165) is 5.56 Å². The van der Waals surface area contributed by atoms with Crippen LogP contribution < -0.4 is 16.8 Å². The van der Waals surface area contributed by atoms with E-state index in [4.69, 9.17) is 16.0 Å². The maximum Gasteiger partial charge on any atom is 0.261 e. The van der Waals surface area contributed by atoms with Crippen molar-refractivity contribution in [1.82, 2.24) is 30.2 Å². The fraction of sp³-hybridized carbons (Fsp3) is 0.304. The van der Waals surface area contributed by atoms with E-state index in [1.165, 1.54) is 17.1 Å². The third-order valence-corrected chi connectivity index (χ3v) is 5.72. The van der Waals surface area contributed by atoms with Crippen LogP contribution in [0.25, 0.3) is 17.0 Å². The van der Waals surface area contributed by atoms with E-state index in [2.05, 4.69) is 51.0 Å². The summed E-state index contributed by atoms with van der Waals surface area (Å²) in [6.07, 6.45) is 7.96. The zero-order valence-corrected chi connectivity index (χ0v) is 19.7. The van der Waals surface area contributed by atoms with Crippen LogP contribution in [0, 0.1) is 5.92 Å². The quantitative estimate of drug-likeness (QED) is 0.405. The van der Waals surface area contributed by atoms with E-state index in [9.17, 15) is 4.79 Å². The zero-order valence-electron chi connectivity index (χ0n) is 19.7. The molecule has 11 heteroatoms. The van der Waals surface area contributed by atoms with Crippen LogP contribution in [0.5, 0.6) is 0 Å². The number of carbonyl (C=O) groups excluding carboxylic acids is 1. The Bertz CT molecular complexity index is 1220. The van der Waals surface area contributed by atoms with Gasteiger partial charge in [0.2, 0.25) is 5.91 Å². The summed E-state index contributed by atoms with van der Waals surface area (Å²) >= 11 is 0. The molecule has 0 saturated carbocycles. The van der Waals surface area contributed by atoms with Crippen LogP contribution in [0.15, 0.2) is 58.8 Å². The van der Waals surface area contributed by atoms with E-state index in [-0.39, 0.29) is 24.2 Å². The molecule has 0 saturated heterocycles. The van der Waals surface area contributed by atoms with Crippen LogP contribution in [0.3, 0.4) is 0 Å². The lowest BCUT2D eigenvalue weighted by Crippen LogP contribution is -2.31. The predicted octanol–water partition coefficient (Wildman–Crippen LogP) is 1.84. The van der Waals surface area contributed by atoms with Crippen LogP contribution in [0.1, 0.15) is 37.9 Å². The second-order valence-electron chi connectivity index (χ2n) is 8.18. The van der Waals surface area contributed by atoms with Crippen LogP contribution in [-0.2, 0) is 16.8 Å². The molecule has 0 bridgehead atoms. The Morgan fingerprint density at radius 2 is 2.15 bits per heavy atom. The van der Waals surface area contributed by atoms with Crippen molar-refractivity contribution in [2.75, 3.05) is 7.05 Å². The van der Waals surface area contributed by atoms with Gasteiger partial charge >= 0.3 is 0 Å². The molecule has 3 heterocycles. The zero-order chi connectivity index (χ0) is 24.9. The minimum absolute atomic E-state index is 0.0998. The summed E-state index contributed by atoms with van der Waals surface area (Å²) in [7, 11) is 1.57.